The predicted octanol–water partition coefficient (Wildman–Crippen LogP) is 0.540. The van der Waals surface area contributed by atoms with E-state index >= 15 is 0 Å². The van der Waals surface area contributed by atoms with Crippen LogP contribution >= 0.6 is 0 Å². The first-order valence-corrected chi connectivity index (χ1v) is 7.86. The number of nitrogens with one attached hydrogen (secondary N) is 1. The molecule has 1 saturated heterocycles. The monoisotopic (exact) mass is 359 g/mol. The molecule has 1 aromatic rings. The molecule has 1 spiro atoms. The Morgan fingerprint density at radius 1 is 1.31 bits per heavy atom. The van der Waals surface area contributed by atoms with Crippen LogP contribution in [-0.4, -0.2) is 39.1 Å². The summed E-state index contributed by atoms with van der Waals surface area (Å²) in [7, 11) is 0. The van der Waals surface area contributed by atoms with Gasteiger partial charge in [0.2, 0.25) is 5.91 Å². The Morgan fingerprint density at radius 2 is 2.04 bits per heavy atom. The standard InChI is InChI=1S/C15H13N5O6/c16-13(21)10-4-7-2-1-3-18(7)15(10)9-5-8(19(23)24)6-11(20(25)26)12(9)17-14(15)22/h4-7H,1-3H2,(H2,16,21)(H,17,22)/t7?,15-/m0/s1. The molecule has 134 valence electrons. The van der Waals surface area contributed by atoms with E-state index in [-0.39, 0.29) is 22.9 Å². The zero-order valence-corrected chi connectivity index (χ0v) is 13.3. The first-order valence-electron chi connectivity index (χ1n) is 7.86. The summed E-state index contributed by atoms with van der Waals surface area (Å²) in [4.78, 5) is 47.9. The fraction of sp³-hybridized carbons (Fsp3) is 0.333. The molecular weight excluding hydrogens is 346 g/mol. The van der Waals surface area contributed by atoms with Gasteiger partial charge in [-0.15, -0.1) is 0 Å². The molecule has 1 unspecified atom stereocenters. The molecular formula is C15H13N5O6. The van der Waals surface area contributed by atoms with Crippen molar-refractivity contribution in [2.45, 2.75) is 24.4 Å². The first kappa shape index (κ1) is 16.1. The smallest absolute Gasteiger partial charge is 0.300 e. The van der Waals surface area contributed by atoms with Crippen LogP contribution in [0.25, 0.3) is 0 Å². The van der Waals surface area contributed by atoms with E-state index in [0.717, 1.165) is 18.6 Å². The third kappa shape index (κ3) is 1.80. The summed E-state index contributed by atoms with van der Waals surface area (Å²) in [5.41, 5.74) is 2.59. The van der Waals surface area contributed by atoms with Gasteiger partial charge >= 0.3 is 0 Å². The van der Waals surface area contributed by atoms with E-state index in [1.165, 1.54) is 0 Å². The van der Waals surface area contributed by atoms with Gasteiger partial charge in [0, 0.05) is 29.8 Å². The van der Waals surface area contributed by atoms with Crippen LogP contribution in [0.2, 0.25) is 0 Å². The lowest BCUT2D eigenvalue weighted by atomic mass is 9.83. The average Bonchev–Trinajstić information content (AvgIpc) is 3.21. The van der Waals surface area contributed by atoms with E-state index in [1.54, 1.807) is 11.0 Å². The Hall–Kier alpha value is -3.34. The molecule has 0 bridgehead atoms. The van der Waals surface area contributed by atoms with Gasteiger partial charge in [0.25, 0.3) is 17.3 Å². The largest absolute Gasteiger partial charge is 0.366 e. The number of carbonyl (C=O) groups excluding carboxylic acids is 2. The normalized spacial score (nSPS) is 26.4. The topological polar surface area (TPSA) is 162 Å². The number of benzene rings is 1. The third-order valence-electron chi connectivity index (χ3n) is 5.21. The summed E-state index contributed by atoms with van der Waals surface area (Å²) >= 11 is 0. The summed E-state index contributed by atoms with van der Waals surface area (Å²) in [6.07, 6.45) is 3.04. The molecule has 26 heavy (non-hydrogen) atoms. The number of hydrogen-bond donors (Lipinski definition) is 2. The van der Waals surface area contributed by atoms with Crippen molar-refractivity contribution in [3.05, 3.63) is 49.6 Å². The fourth-order valence-electron chi connectivity index (χ4n) is 4.27. The number of nitrogens with zero attached hydrogens (tertiary/aromatic N) is 3. The lowest BCUT2D eigenvalue weighted by Crippen LogP contribution is -2.51. The number of anilines is 1. The number of nitro benzene ring substituents is 2. The van der Waals surface area contributed by atoms with Crippen LogP contribution in [-0.2, 0) is 15.1 Å². The van der Waals surface area contributed by atoms with Gasteiger partial charge in [0.05, 0.1) is 15.9 Å². The molecule has 0 radical (unpaired) electrons. The predicted molar refractivity (Wildman–Crippen MR) is 87.1 cm³/mol. The van der Waals surface area contributed by atoms with E-state index in [0.29, 0.717) is 13.0 Å². The van der Waals surface area contributed by atoms with Crippen molar-refractivity contribution in [2.24, 2.45) is 5.73 Å². The summed E-state index contributed by atoms with van der Waals surface area (Å²) < 4.78 is 0. The minimum absolute atomic E-state index is 0.00625. The Morgan fingerprint density at radius 3 is 2.65 bits per heavy atom. The number of nitrogens with two attached hydrogens (primary N) is 1. The highest BCUT2D eigenvalue weighted by Crippen LogP contribution is 2.55. The number of primary amides is 1. The zero-order valence-electron chi connectivity index (χ0n) is 13.3. The Bertz CT molecular complexity index is 941. The van der Waals surface area contributed by atoms with Crippen molar-refractivity contribution in [1.29, 1.82) is 0 Å². The Balaban J connectivity index is 2.06. The van der Waals surface area contributed by atoms with E-state index in [4.69, 9.17) is 5.73 Å². The molecule has 2 amide bonds. The average molecular weight is 359 g/mol. The van der Waals surface area contributed by atoms with Crippen molar-refractivity contribution in [1.82, 2.24) is 4.90 Å². The molecule has 1 fully saturated rings. The van der Waals surface area contributed by atoms with Gasteiger partial charge in [-0.2, -0.15) is 0 Å². The number of fused-ring (bicyclic) bond motifs is 4. The summed E-state index contributed by atoms with van der Waals surface area (Å²) in [5.74, 6) is -1.50. The van der Waals surface area contributed by atoms with Crippen LogP contribution < -0.4 is 11.1 Å². The van der Waals surface area contributed by atoms with Crippen molar-refractivity contribution < 1.29 is 19.4 Å². The van der Waals surface area contributed by atoms with Gasteiger partial charge < -0.3 is 11.1 Å². The van der Waals surface area contributed by atoms with Gasteiger partial charge in [-0.05, 0) is 12.8 Å². The Labute approximate surface area is 145 Å². The van der Waals surface area contributed by atoms with Gasteiger partial charge in [0.1, 0.15) is 5.69 Å². The van der Waals surface area contributed by atoms with E-state index in [1.807, 2.05) is 0 Å². The third-order valence-corrected chi connectivity index (χ3v) is 5.21. The van der Waals surface area contributed by atoms with E-state index in [2.05, 4.69) is 5.32 Å². The molecule has 1 aromatic carbocycles. The van der Waals surface area contributed by atoms with Gasteiger partial charge in [-0.1, -0.05) is 6.08 Å². The van der Waals surface area contributed by atoms with Crippen LogP contribution in [0, 0.1) is 20.2 Å². The quantitative estimate of drug-likeness (QED) is 0.587. The molecule has 3 N–H and O–H groups in total. The highest BCUT2D eigenvalue weighted by molar-refractivity contribution is 6.16. The molecule has 3 aliphatic rings. The lowest BCUT2D eigenvalue weighted by Gasteiger charge is -2.34. The minimum Gasteiger partial charge on any atom is -0.366 e. The summed E-state index contributed by atoms with van der Waals surface area (Å²) in [6.45, 7) is 0.460. The molecule has 3 heterocycles. The molecule has 3 aliphatic heterocycles. The van der Waals surface area contributed by atoms with Crippen molar-refractivity contribution in [3.63, 3.8) is 0 Å². The van der Waals surface area contributed by atoms with Gasteiger partial charge in [-0.3, -0.25) is 34.7 Å². The van der Waals surface area contributed by atoms with Crippen LogP contribution in [0.3, 0.4) is 0 Å². The second kappa shape index (κ2) is 5.08. The second-order valence-electron chi connectivity index (χ2n) is 6.41. The molecule has 0 aromatic heterocycles. The molecule has 2 atom stereocenters. The molecule has 11 nitrogen and oxygen atoms in total. The zero-order chi connectivity index (χ0) is 18.8. The minimum atomic E-state index is -1.67. The molecule has 0 saturated carbocycles. The number of hydrogen-bond acceptors (Lipinski definition) is 7. The maximum atomic E-state index is 13.0. The maximum Gasteiger partial charge on any atom is 0.300 e. The Kier molecular flexibility index (Phi) is 3.15. The molecule has 11 heteroatoms. The van der Waals surface area contributed by atoms with Crippen molar-refractivity contribution >= 4 is 28.9 Å². The summed E-state index contributed by atoms with van der Waals surface area (Å²) in [5, 5.41) is 25.1. The van der Waals surface area contributed by atoms with Crippen molar-refractivity contribution in [3.8, 4) is 0 Å². The number of nitro groups is 2. The van der Waals surface area contributed by atoms with Crippen LogP contribution in [0.5, 0.6) is 0 Å². The highest BCUT2D eigenvalue weighted by atomic mass is 16.6. The van der Waals surface area contributed by atoms with Gasteiger partial charge in [-0.25, -0.2) is 0 Å². The molecule has 0 aliphatic carbocycles. The number of carbonyl (C=O) groups is 2. The fourth-order valence-corrected chi connectivity index (χ4v) is 4.27. The maximum absolute atomic E-state index is 13.0. The van der Waals surface area contributed by atoms with E-state index < -0.39 is 38.6 Å². The van der Waals surface area contributed by atoms with Crippen molar-refractivity contribution in [2.75, 3.05) is 11.9 Å². The molecule has 4 rings (SSSR count). The number of non-ortho nitro benzene ring substituents is 1. The SMILES string of the molecule is NC(=O)C1=CC2CCCN2[C@]12C(=O)Nc1c([N+](=O)[O-])cc([N+](=O)[O-])cc12. The van der Waals surface area contributed by atoms with Crippen LogP contribution in [0.15, 0.2) is 23.8 Å². The number of rotatable bonds is 3. The van der Waals surface area contributed by atoms with Crippen LogP contribution in [0.4, 0.5) is 17.1 Å². The van der Waals surface area contributed by atoms with Crippen LogP contribution in [0.1, 0.15) is 18.4 Å². The lowest BCUT2D eigenvalue weighted by molar-refractivity contribution is -0.393. The van der Waals surface area contributed by atoms with Gasteiger partial charge in [0.15, 0.2) is 5.54 Å². The van der Waals surface area contributed by atoms with E-state index in [9.17, 15) is 29.8 Å². The highest BCUT2D eigenvalue weighted by Gasteiger charge is 2.62. The summed E-state index contributed by atoms with van der Waals surface area (Å²) in [6, 6.07) is 1.67. The number of amides is 2. The second-order valence-corrected chi connectivity index (χ2v) is 6.41. The first-order chi connectivity index (χ1) is 12.3.